The Morgan fingerprint density at radius 1 is 0.929 bits per heavy atom. The molecule has 0 unspecified atom stereocenters. The third kappa shape index (κ3) is 3.46. The van der Waals surface area contributed by atoms with Crippen molar-refractivity contribution < 1.29 is 28.3 Å². The highest BCUT2D eigenvalue weighted by atomic mass is 16.5. The zero-order valence-electron chi connectivity index (χ0n) is 15.9. The molecule has 0 aliphatic heterocycles. The Labute approximate surface area is 161 Å². The summed E-state index contributed by atoms with van der Waals surface area (Å²) >= 11 is 0. The summed E-state index contributed by atoms with van der Waals surface area (Å²) in [6, 6.07) is 10.8. The maximum Gasteiger partial charge on any atom is 0.340 e. The summed E-state index contributed by atoms with van der Waals surface area (Å²) < 4.78 is 15.6. The molecule has 0 aliphatic rings. The fourth-order valence-corrected chi connectivity index (χ4v) is 2.96. The van der Waals surface area contributed by atoms with Gasteiger partial charge in [-0.2, -0.15) is 0 Å². The van der Waals surface area contributed by atoms with E-state index in [9.17, 15) is 14.4 Å². The number of nitrogens with one attached hydrogen (secondary N) is 1. The van der Waals surface area contributed by atoms with Gasteiger partial charge < -0.3 is 19.2 Å². The molecule has 28 heavy (non-hydrogen) atoms. The smallest absolute Gasteiger partial charge is 0.340 e. The lowest BCUT2D eigenvalue weighted by Gasteiger charge is -2.13. The molecule has 3 rings (SSSR count). The number of hydrogen-bond acceptors (Lipinski definition) is 6. The van der Waals surface area contributed by atoms with Crippen LogP contribution in [0.25, 0.3) is 22.3 Å². The Hall–Kier alpha value is -3.61. The van der Waals surface area contributed by atoms with E-state index in [-0.39, 0.29) is 16.8 Å². The number of methoxy groups -OCH3 is 2. The van der Waals surface area contributed by atoms with Gasteiger partial charge in [-0.3, -0.25) is 4.79 Å². The van der Waals surface area contributed by atoms with Crippen molar-refractivity contribution in [2.24, 2.45) is 0 Å². The minimum absolute atomic E-state index is 0.0299. The van der Waals surface area contributed by atoms with Crippen LogP contribution in [0.2, 0.25) is 0 Å². The van der Waals surface area contributed by atoms with Crippen LogP contribution >= 0.6 is 0 Å². The summed E-state index contributed by atoms with van der Waals surface area (Å²) in [5.41, 5.74) is 2.21. The van der Waals surface area contributed by atoms with Gasteiger partial charge in [-0.1, -0.05) is 29.8 Å². The molecule has 0 radical (unpaired) electrons. The Bertz CT molecular complexity index is 1080. The molecule has 0 bridgehead atoms. The van der Waals surface area contributed by atoms with Gasteiger partial charge in [-0.25, -0.2) is 9.59 Å². The zero-order valence-corrected chi connectivity index (χ0v) is 15.9. The van der Waals surface area contributed by atoms with Crippen LogP contribution in [0.3, 0.4) is 0 Å². The van der Waals surface area contributed by atoms with Gasteiger partial charge in [0.1, 0.15) is 11.3 Å². The summed E-state index contributed by atoms with van der Waals surface area (Å²) in [6.45, 7) is 3.27. The van der Waals surface area contributed by atoms with E-state index in [4.69, 9.17) is 13.9 Å². The van der Waals surface area contributed by atoms with Gasteiger partial charge in [0.05, 0.1) is 31.0 Å². The van der Waals surface area contributed by atoms with Crippen molar-refractivity contribution in [1.29, 1.82) is 0 Å². The molecule has 0 saturated heterocycles. The summed E-state index contributed by atoms with van der Waals surface area (Å²) in [5, 5.41) is 2.94. The lowest BCUT2D eigenvalue weighted by atomic mass is 10.00. The van der Waals surface area contributed by atoms with Gasteiger partial charge in [0.15, 0.2) is 0 Å². The Morgan fingerprint density at radius 3 is 2.11 bits per heavy atom. The van der Waals surface area contributed by atoms with E-state index in [1.807, 2.05) is 31.2 Å². The molecule has 0 atom stereocenters. The van der Waals surface area contributed by atoms with Gasteiger partial charge in [0.2, 0.25) is 5.91 Å². The molecule has 0 saturated carbocycles. The molecule has 0 spiro atoms. The number of anilines is 1. The molecule has 2 aromatic carbocycles. The fraction of sp³-hybridized carbons (Fsp3) is 0.190. The second kappa shape index (κ2) is 7.56. The van der Waals surface area contributed by atoms with E-state index >= 15 is 0 Å². The maximum absolute atomic E-state index is 12.5. The van der Waals surface area contributed by atoms with E-state index in [2.05, 4.69) is 5.32 Å². The first-order valence-corrected chi connectivity index (χ1v) is 8.47. The van der Waals surface area contributed by atoms with Crippen molar-refractivity contribution in [3.8, 4) is 11.3 Å². The van der Waals surface area contributed by atoms with Crippen LogP contribution in [0.5, 0.6) is 0 Å². The molecule has 0 fully saturated rings. The number of hydrogen-bond donors (Lipinski definition) is 1. The Balaban J connectivity index is 2.34. The van der Waals surface area contributed by atoms with E-state index in [1.165, 1.54) is 27.2 Å². The number of fused-ring (bicyclic) bond motifs is 1. The molecule has 1 aromatic heterocycles. The van der Waals surface area contributed by atoms with Crippen LogP contribution in [0.15, 0.2) is 40.8 Å². The third-order valence-corrected chi connectivity index (χ3v) is 4.25. The molecule has 3 aromatic rings. The maximum atomic E-state index is 12.5. The first kappa shape index (κ1) is 19.2. The molecule has 7 nitrogen and oxygen atoms in total. The van der Waals surface area contributed by atoms with Crippen molar-refractivity contribution in [2.75, 3.05) is 19.5 Å². The number of amides is 1. The number of ether oxygens (including phenoxy) is 2. The first-order valence-electron chi connectivity index (χ1n) is 8.47. The average Bonchev–Trinajstić information content (AvgIpc) is 3.09. The van der Waals surface area contributed by atoms with E-state index in [0.29, 0.717) is 16.7 Å². The Morgan fingerprint density at radius 2 is 1.54 bits per heavy atom. The van der Waals surface area contributed by atoms with Crippen molar-refractivity contribution >= 4 is 34.5 Å². The van der Waals surface area contributed by atoms with Gasteiger partial charge in [0.25, 0.3) is 0 Å². The van der Waals surface area contributed by atoms with Crippen LogP contribution in [0.1, 0.15) is 33.2 Å². The molecule has 144 valence electrons. The average molecular weight is 381 g/mol. The lowest BCUT2D eigenvalue weighted by molar-refractivity contribution is -0.114. The summed E-state index contributed by atoms with van der Waals surface area (Å²) in [7, 11) is 2.40. The topological polar surface area (TPSA) is 94.8 Å². The van der Waals surface area contributed by atoms with E-state index in [0.717, 1.165) is 11.1 Å². The summed E-state index contributed by atoms with van der Waals surface area (Å²) in [4.78, 5) is 36.5. The Kier molecular flexibility index (Phi) is 5.17. The molecular weight excluding hydrogens is 362 g/mol. The normalized spacial score (nSPS) is 10.6. The quantitative estimate of drug-likeness (QED) is 0.688. The van der Waals surface area contributed by atoms with Crippen LogP contribution < -0.4 is 5.32 Å². The molecule has 1 amide bonds. The minimum atomic E-state index is -0.774. The highest BCUT2D eigenvalue weighted by molar-refractivity contribution is 6.17. The minimum Gasteiger partial charge on any atom is -0.465 e. The number of benzene rings is 2. The fourth-order valence-electron chi connectivity index (χ4n) is 2.96. The molecule has 1 heterocycles. The van der Waals surface area contributed by atoms with Crippen LogP contribution in [0, 0.1) is 6.92 Å². The highest BCUT2D eigenvalue weighted by Crippen LogP contribution is 2.36. The van der Waals surface area contributed by atoms with Crippen LogP contribution in [0.4, 0.5) is 5.69 Å². The number of carbonyl (C=O) groups excluding carboxylic acids is 3. The predicted molar refractivity (Wildman–Crippen MR) is 103 cm³/mol. The highest BCUT2D eigenvalue weighted by Gasteiger charge is 2.28. The zero-order chi connectivity index (χ0) is 20.4. The van der Waals surface area contributed by atoms with Crippen molar-refractivity contribution in [1.82, 2.24) is 0 Å². The van der Waals surface area contributed by atoms with Crippen molar-refractivity contribution in [2.45, 2.75) is 13.8 Å². The monoisotopic (exact) mass is 381 g/mol. The lowest BCUT2D eigenvalue weighted by Crippen LogP contribution is -2.17. The van der Waals surface area contributed by atoms with Gasteiger partial charge in [-0.05, 0) is 13.0 Å². The van der Waals surface area contributed by atoms with Gasteiger partial charge in [-0.15, -0.1) is 0 Å². The second-order valence-electron chi connectivity index (χ2n) is 6.23. The van der Waals surface area contributed by atoms with Crippen LogP contribution in [-0.4, -0.2) is 32.1 Å². The molecule has 0 aliphatic carbocycles. The van der Waals surface area contributed by atoms with E-state index < -0.39 is 17.8 Å². The number of aryl methyl sites for hydroxylation is 1. The number of furan rings is 1. The van der Waals surface area contributed by atoms with Gasteiger partial charge in [0, 0.05) is 23.9 Å². The van der Waals surface area contributed by atoms with Crippen LogP contribution in [-0.2, 0) is 14.3 Å². The number of carbonyl (C=O) groups is 3. The SMILES string of the molecule is COC(=O)c1c(NC(C)=O)cc2oc(-c3ccc(C)cc3)cc2c1C(=O)OC. The van der Waals surface area contributed by atoms with Crippen molar-refractivity contribution in [3.05, 3.63) is 53.1 Å². The largest absolute Gasteiger partial charge is 0.465 e. The predicted octanol–water partition coefficient (Wildman–Crippen LogP) is 3.94. The van der Waals surface area contributed by atoms with E-state index in [1.54, 1.807) is 6.07 Å². The molecule has 7 heteroatoms. The van der Waals surface area contributed by atoms with Gasteiger partial charge >= 0.3 is 11.9 Å². The summed E-state index contributed by atoms with van der Waals surface area (Å²) in [6.07, 6.45) is 0. The second-order valence-corrected chi connectivity index (χ2v) is 6.23. The first-order chi connectivity index (χ1) is 13.3. The third-order valence-electron chi connectivity index (χ3n) is 4.25. The standard InChI is InChI=1S/C21H19NO6/c1-11-5-7-13(8-6-11)16-9-14-17(28-16)10-15(22-12(2)23)19(21(25)27-4)18(14)20(24)26-3/h5-10H,1-4H3,(H,22,23). The summed E-state index contributed by atoms with van der Waals surface area (Å²) in [5.74, 6) is -1.42. The number of rotatable bonds is 4. The molecule has 1 N–H and O–H groups in total. The van der Waals surface area contributed by atoms with Crippen molar-refractivity contribution in [3.63, 3.8) is 0 Å². The molecular formula is C21H19NO6. The number of esters is 2.